The Hall–Kier alpha value is -1.37. The molecule has 3 aliphatic carbocycles. The zero-order valence-electron chi connectivity index (χ0n) is 12.8. The highest BCUT2D eigenvalue weighted by Crippen LogP contribution is 2.61. The second-order valence-corrected chi connectivity index (χ2v) is 7.44. The van der Waals surface area contributed by atoms with Gasteiger partial charge in [0.25, 0.3) is 0 Å². The number of hydrogen-bond acceptors (Lipinski definition) is 1. The normalized spacial score (nSPS) is 41.1. The van der Waals surface area contributed by atoms with Crippen LogP contribution in [-0.2, 0) is 11.2 Å². The van der Waals surface area contributed by atoms with E-state index in [0.29, 0.717) is 29.5 Å². The summed E-state index contributed by atoms with van der Waals surface area (Å²) in [5.74, 6) is 2.64. The van der Waals surface area contributed by atoms with Crippen molar-refractivity contribution >= 4 is 5.78 Å². The van der Waals surface area contributed by atoms with Crippen molar-refractivity contribution in [1.82, 2.24) is 0 Å². The molecule has 1 nitrogen and oxygen atoms in total. The van der Waals surface area contributed by atoms with E-state index >= 15 is 0 Å². The van der Waals surface area contributed by atoms with E-state index in [0.717, 1.165) is 12.8 Å². The van der Waals surface area contributed by atoms with Crippen LogP contribution < -0.4 is 0 Å². The first kappa shape index (κ1) is 13.3. The predicted octanol–water partition coefficient (Wildman–Crippen LogP) is 4.52. The third-order valence-corrected chi connectivity index (χ3v) is 6.86. The smallest absolute Gasteiger partial charge is 0.140 e. The Morgan fingerprint density at radius 3 is 2.86 bits per heavy atom. The van der Waals surface area contributed by atoms with Gasteiger partial charge in [0.05, 0.1) is 0 Å². The van der Waals surface area contributed by atoms with Crippen molar-refractivity contribution in [2.75, 3.05) is 0 Å². The number of carbonyl (C=O) groups excluding carboxylic acids is 1. The number of Topliss-reactive ketones (excluding diaryl/α,β-unsaturated/α-hetero) is 1. The second kappa shape index (κ2) is 4.56. The average molecular weight is 280 g/mol. The molecule has 1 heteroatoms. The van der Waals surface area contributed by atoms with Gasteiger partial charge in [0, 0.05) is 11.8 Å². The molecule has 0 amide bonds. The van der Waals surface area contributed by atoms with Crippen molar-refractivity contribution in [1.29, 1.82) is 0 Å². The third kappa shape index (κ3) is 1.66. The fourth-order valence-electron chi connectivity index (χ4n) is 5.71. The molecule has 5 atom stereocenters. The summed E-state index contributed by atoms with van der Waals surface area (Å²) >= 11 is 0. The minimum absolute atomic E-state index is 0.130. The SMILES string of the molecule is C=C[C@H]1CC[C@H]2[C@@H]3CCc4ccccc4[C@H]3CC(=O)[C@]12C. The number of ketones is 1. The largest absolute Gasteiger partial charge is 0.299 e. The fourth-order valence-corrected chi connectivity index (χ4v) is 5.71. The third-order valence-electron chi connectivity index (χ3n) is 6.86. The fraction of sp³-hybridized carbons (Fsp3) is 0.550. The lowest BCUT2D eigenvalue weighted by Crippen LogP contribution is -2.48. The first-order valence-corrected chi connectivity index (χ1v) is 8.40. The lowest BCUT2D eigenvalue weighted by molar-refractivity contribution is -0.138. The molecule has 4 rings (SSSR count). The maximum absolute atomic E-state index is 13.0. The van der Waals surface area contributed by atoms with Crippen molar-refractivity contribution in [3.63, 3.8) is 0 Å². The van der Waals surface area contributed by atoms with Gasteiger partial charge < -0.3 is 0 Å². The van der Waals surface area contributed by atoms with E-state index in [4.69, 9.17) is 0 Å². The van der Waals surface area contributed by atoms with Gasteiger partial charge in [-0.25, -0.2) is 0 Å². The molecule has 21 heavy (non-hydrogen) atoms. The van der Waals surface area contributed by atoms with Crippen LogP contribution in [0, 0.1) is 23.2 Å². The number of hydrogen-bond donors (Lipinski definition) is 0. The van der Waals surface area contributed by atoms with Crippen molar-refractivity contribution < 1.29 is 4.79 Å². The topological polar surface area (TPSA) is 17.1 Å². The van der Waals surface area contributed by atoms with Crippen LogP contribution in [0.1, 0.15) is 49.7 Å². The van der Waals surface area contributed by atoms with Crippen LogP contribution in [0.5, 0.6) is 0 Å². The minimum Gasteiger partial charge on any atom is -0.299 e. The van der Waals surface area contributed by atoms with E-state index in [1.807, 2.05) is 0 Å². The van der Waals surface area contributed by atoms with Crippen molar-refractivity contribution in [2.24, 2.45) is 23.2 Å². The van der Waals surface area contributed by atoms with E-state index < -0.39 is 0 Å². The molecule has 110 valence electrons. The van der Waals surface area contributed by atoms with Crippen molar-refractivity contribution in [3.05, 3.63) is 48.0 Å². The maximum Gasteiger partial charge on any atom is 0.140 e. The summed E-state index contributed by atoms with van der Waals surface area (Å²) in [5.41, 5.74) is 2.81. The minimum atomic E-state index is -0.130. The molecule has 3 aliphatic rings. The number of benzene rings is 1. The molecule has 0 aromatic heterocycles. The Morgan fingerprint density at radius 1 is 1.24 bits per heavy atom. The summed E-state index contributed by atoms with van der Waals surface area (Å²) in [6.07, 6.45) is 7.62. The molecule has 0 heterocycles. The number of rotatable bonds is 1. The lowest BCUT2D eigenvalue weighted by atomic mass is 9.53. The Labute approximate surface area is 127 Å². The zero-order chi connectivity index (χ0) is 14.6. The highest BCUT2D eigenvalue weighted by atomic mass is 16.1. The first-order chi connectivity index (χ1) is 10.2. The summed E-state index contributed by atoms with van der Waals surface area (Å²) in [4.78, 5) is 13.0. The Morgan fingerprint density at radius 2 is 2.05 bits per heavy atom. The molecular weight excluding hydrogens is 256 g/mol. The highest BCUT2D eigenvalue weighted by Gasteiger charge is 2.58. The van der Waals surface area contributed by atoms with Crippen LogP contribution in [0.15, 0.2) is 36.9 Å². The van der Waals surface area contributed by atoms with Gasteiger partial charge in [-0.1, -0.05) is 37.3 Å². The van der Waals surface area contributed by atoms with Gasteiger partial charge in [-0.15, -0.1) is 6.58 Å². The summed E-state index contributed by atoms with van der Waals surface area (Å²) in [6, 6.07) is 8.80. The van der Waals surface area contributed by atoms with E-state index in [-0.39, 0.29) is 5.41 Å². The van der Waals surface area contributed by atoms with Crippen LogP contribution in [0.25, 0.3) is 0 Å². The number of fused-ring (bicyclic) bond motifs is 5. The van der Waals surface area contributed by atoms with Crippen LogP contribution in [0.4, 0.5) is 0 Å². The summed E-state index contributed by atoms with van der Waals surface area (Å²) in [7, 11) is 0. The van der Waals surface area contributed by atoms with E-state index in [9.17, 15) is 4.79 Å². The summed E-state index contributed by atoms with van der Waals surface area (Å²) < 4.78 is 0. The van der Waals surface area contributed by atoms with Gasteiger partial charge >= 0.3 is 0 Å². The molecule has 0 radical (unpaired) electrons. The predicted molar refractivity (Wildman–Crippen MR) is 85.1 cm³/mol. The molecule has 0 unspecified atom stereocenters. The van der Waals surface area contributed by atoms with Gasteiger partial charge in [-0.2, -0.15) is 0 Å². The van der Waals surface area contributed by atoms with Gasteiger partial charge in [-0.05, 0) is 60.5 Å². The molecule has 0 saturated heterocycles. The van der Waals surface area contributed by atoms with Crippen LogP contribution in [0.2, 0.25) is 0 Å². The van der Waals surface area contributed by atoms with E-state index in [1.54, 1.807) is 0 Å². The molecule has 0 aliphatic heterocycles. The number of allylic oxidation sites excluding steroid dienone is 1. The van der Waals surface area contributed by atoms with Gasteiger partial charge in [0.2, 0.25) is 0 Å². The Bertz CT molecular complexity index is 602. The standard InChI is InChI=1S/C20H24O/c1-3-14-9-11-18-16-10-8-13-6-4-5-7-15(13)17(16)12-19(21)20(14,18)2/h3-7,14,16-18H,1,8-12H2,2H3/t14-,16+,17+,18-,20+/m0/s1. The first-order valence-electron chi connectivity index (χ1n) is 8.40. The zero-order valence-corrected chi connectivity index (χ0v) is 12.8. The van der Waals surface area contributed by atoms with Gasteiger partial charge in [0.15, 0.2) is 0 Å². The molecule has 2 saturated carbocycles. The lowest BCUT2D eigenvalue weighted by Gasteiger charge is -2.49. The summed E-state index contributed by atoms with van der Waals surface area (Å²) in [5, 5.41) is 0. The monoisotopic (exact) mass is 280 g/mol. The quantitative estimate of drug-likeness (QED) is 0.691. The Kier molecular flexibility index (Phi) is 2.89. The molecule has 0 spiro atoms. The van der Waals surface area contributed by atoms with Gasteiger partial charge in [0.1, 0.15) is 5.78 Å². The summed E-state index contributed by atoms with van der Waals surface area (Å²) in [6.45, 7) is 6.23. The molecule has 2 fully saturated rings. The second-order valence-electron chi connectivity index (χ2n) is 7.44. The number of aryl methyl sites for hydroxylation is 1. The average Bonchev–Trinajstić information content (AvgIpc) is 2.86. The molecule has 0 N–H and O–H groups in total. The maximum atomic E-state index is 13.0. The van der Waals surface area contributed by atoms with Crippen molar-refractivity contribution in [3.8, 4) is 0 Å². The van der Waals surface area contributed by atoms with Crippen LogP contribution in [0.3, 0.4) is 0 Å². The molecule has 1 aromatic rings. The Balaban J connectivity index is 1.77. The van der Waals surface area contributed by atoms with E-state index in [1.165, 1.54) is 30.4 Å². The number of carbonyl (C=O) groups is 1. The highest BCUT2D eigenvalue weighted by molar-refractivity contribution is 5.87. The molecule has 0 bridgehead atoms. The van der Waals surface area contributed by atoms with E-state index in [2.05, 4.69) is 43.8 Å². The molecule has 1 aromatic carbocycles. The molecular formula is C20H24O. The van der Waals surface area contributed by atoms with Crippen LogP contribution in [-0.4, -0.2) is 5.78 Å². The van der Waals surface area contributed by atoms with Crippen molar-refractivity contribution in [2.45, 2.75) is 44.9 Å². The van der Waals surface area contributed by atoms with Gasteiger partial charge in [-0.3, -0.25) is 4.79 Å². The van der Waals surface area contributed by atoms with Crippen LogP contribution >= 0.6 is 0 Å².